The minimum atomic E-state index is -0.161. The monoisotopic (exact) mass is 388 g/mol. The van der Waals surface area contributed by atoms with E-state index in [4.69, 9.17) is 16.3 Å². The number of ether oxygens (including phenoxy) is 1. The van der Waals surface area contributed by atoms with Crippen LogP contribution in [-0.2, 0) is 4.79 Å². The third kappa shape index (κ3) is 8.13. The fraction of sp³-hybridized carbons (Fsp3) is 0.333. The van der Waals surface area contributed by atoms with Crippen molar-refractivity contribution in [1.82, 2.24) is 10.6 Å². The Kier molecular flexibility index (Phi) is 8.65. The number of benzene rings is 2. The summed E-state index contributed by atoms with van der Waals surface area (Å²) in [5.41, 5.74) is 1.64. The molecule has 0 aromatic heterocycles. The number of rotatable bonds is 10. The van der Waals surface area contributed by atoms with Crippen molar-refractivity contribution in [2.75, 3.05) is 19.7 Å². The molecule has 2 rings (SSSR count). The Morgan fingerprint density at radius 2 is 1.78 bits per heavy atom. The minimum Gasteiger partial charge on any atom is -0.494 e. The molecule has 0 aliphatic rings. The van der Waals surface area contributed by atoms with E-state index in [9.17, 15) is 9.59 Å². The zero-order valence-corrected chi connectivity index (χ0v) is 16.2. The highest BCUT2D eigenvalue weighted by atomic mass is 35.5. The molecule has 2 aromatic rings. The lowest BCUT2D eigenvalue weighted by atomic mass is 10.1. The molecule has 0 fully saturated rings. The topological polar surface area (TPSA) is 67.4 Å². The van der Waals surface area contributed by atoms with Crippen molar-refractivity contribution in [2.45, 2.75) is 26.2 Å². The Labute approximate surface area is 165 Å². The van der Waals surface area contributed by atoms with Gasteiger partial charge in [0.25, 0.3) is 5.91 Å². The first-order valence-electron chi connectivity index (χ1n) is 9.04. The van der Waals surface area contributed by atoms with Crippen LogP contribution in [0.1, 0.15) is 35.2 Å². The van der Waals surface area contributed by atoms with E-state index < -0.39 is 0 Å². The predicted molar refractivity (Wildman–Crippen MR) is 107 cm³/mol. The average Bonchev–Trinajstić information content (AvgIpc) is 2.66. The van der Waals surface area contributed by atoms with Crippen LogP contribution >= 0.6 is 11.6 Å². The van der Waals surface area contributed by atoms with Gasteiger partial charge in [0, 0.05) is 30.1 Å². The summed E-state index contributed by atoms with van der Waals surface area (Å²) in [4.78, 5) is 23.8. The van der Waals surface area contributed by atoms with Crippen molar-refractivity contribution in [3.63, 3.8) is 0 Å². The van der Waals surface area contributed by atoms with Gasteiger partial charge in [-0.15, -0.1) is 0 Å². The maximum atomic E-state index is 12.0. The van der Waals surface area contributed by atoms with Crippen molar-refractivity contribution < 1.29 is 14.3 Å². The van der Waals surface area contributed by atoms with E-state index in [1.807, 2.05) is 37.3 Å². The normalized spacial score (nSPS) is 10.3. The van der Waals surface area contributed by atoms with Crippen LogP contribution in [0, 0.1) is 6.92 Å². The molecule has 27 heavy (non-hydrogen) atoms. The molecule has 0 saturated carbocycles. The number of aryl methyl sites for hydroxylation is 1. The van der Waals surface area contributed by atoms with Gasteiger partial charge in [0.15, 0.2) is 0 Å². The second-order valence-electron chi connectivity index (χ2n) is 6.23. The molecule has 2 aromatic carbocycles. The molecule has 0 aliphatic carbocycles. The predicted octanol–water partition coefficient (Wildman–Crippen LogP) is 3.74. The van der Waals surface area contributed by atoms with Gasteiger partial charge in [0.1, 0.15) is 5.75 Å². The first kappa shape index (κ1) is 20.8. The molecular weight excluding hydrogens is 364 g/mol. The molecule has 144 valence electrons. The molecular formula is C21H25ClN2O3. The minimum absolute atomic E-state index is 0.0711. The molecule has 0 spiro atoms. The third-order valence-electron chi connectivity index (χ3n) is 3.89. The number of unbranched alkanes of at least 4 members (excludes halogenated alkanes) is 1. The SMILES string of the molecule is Cc1cccc(C(=O)NCCC(=O)NCCCCOc2ccc(Cl)cc2)c1. The lowest BCUT2D eigenvalue weighted by molar-refractivity contribution is -0.120. The molecule has 2 amide bonds. The van der Waals surface area contributed by atoms with Gasteiger partial charge < -0.3 is 15.4 Å². The first-order chi connectivity index (χ1) is 13.0. The quantitative estimate of drug-likeness (QED) is 0.609. The summed E-state index contributed by atoms with van der Waals surface area (Å²) < 4.78 is 5.59. The lowest BCUT2D eigenvalue weighted by Crippen LogP contribution is -2.31. The summed E-state index contributed by atoms with van der Waals surface area (Å²) in [6.45, 7) is 3.43. The zero-order chi connectivity index (χ0) is 19.5. The molecule has 6 heteroatoms. The molecule has 0 saturated heterocycles. The number of halogens is 1. The standard InChI is InChI=1S/C21H25ClN2O3/c1-16-5-4-6-17(15-16)21(26)24-13-11-20(25)23-12-2-3-14-27-19-9-7-18(22)8-10-19/h4-10,15H,2-3,11-14H2,1H3,(H,23,25)(H,24,26). The Bertz CT molecular complexity index is 747. The van der Waals surface area contributed by atoms with Crippen molar-refractivity contribution in [2.24, 2.45) is 0 Å². The Balaban J connectivity index is 1.51. The van der Waals surface area contributed by atoms with Crippen LogP contribution in [-0.4, -0.2) is 31.5 Å². The number of carbonyl (C=O) groups is 2. The van der Waals surface area contributed by atoms with Gasteiger partial charge in [-0.05, 0) is 56.2 Å². The Morgan fingerprint density at radius 3 is 2.52 bits per heavy atom. The van der Waals surface area contributed by atoms with Gasteiger partial charge in [-0.25, -0.2) is 0 Å². The lowest BCUT2D eigenvalue weighted by Gasteiger charge is -2.08. The van der Waals surface area contributed by atoms with E-state index in [0.29, 0.717) is 30.3 Å². The van der Waals surface area contributed by atoms with Crippen molar-refractivity contribution in [1.29, 1.82) is 0 Å². The van der Waals surface area contributed by atoms with E-state index in [-0.39, 0.29) is 18.2 Å². The van der Waals surface area contributed by atoms with Crippen molar-refractivity contribution in [3.8, 4) is 5.75 Å². The van der Waals surface area contributed by atoms with Gasteiger partial charge in [-0.3, -0.25) is 9.59 Å². The van der Waals surface area contributed by atoms with Gasteiger partial charge in [-0.2, -0.15) is 0 Å². The molecule has 5 nitrogen and oxygen atoms in total. The Morgan fingerprint density at radius 1 is 1.00 bits per heavy atom. The Hall–Kier alpha value is -2.53. The summed E-state index contributed by atoms with van der Waals surface area (Å²) in [6, 6.07) is 14.6. The van der Waals surface area contributed by atoms with Crippen molar-refractivity contribution >= 4 is 23.4 Å². The fourth-order valence-corrected chi connectivity index (χ4v) is 2.57. The molecule has 0 radical (unpaired) electrons. The zero-order valence-electron chi connectivity index (χ0n) is 15.5. The highest BCUT2D eigenvalue weighted by Crippen LogP contribution is 2.15. The average molecular weight is 389 g/mol. The largest absolute Gasteiger partial charge is 0.494 e. The van der Waals surface area contributed by atoms with Gasteiger partial charge in [0.2, 0.25) is 5.91 Å². The molecule has 0 bridgehead atoms. The summed E-state index contributed by atoms with van der Waals surface area (Å²) in [7, 11) is 0. The van der Waals surface area contributed by atoms with Gasteiger partial charge >= 0.3 is 0 Å². The third-order valence-corrected chi connectivity index (χ3v) is 4.15. The number of hydrogen-bond acceptors (Lipinski definition) is 3. The van der Waals surface area contributed by atoms with E-state index >= 15 is 0 Å². The smallest absolute Gasteiger partial charge is 0.251 e. The van der Waals surface area contributed by atoms with Crippen LogP contribution < -0.4 is 15.4 Å². The molecule has 0 heterocycles. The molecule has 0 atom stereocenters. The van der Waals surface area contributed by atoms with Crippen LogP contribution in [0.4, 0.5) is 0 Å². The van der Waals surface area contributed by atoms with E-state index in [1.54, 1.807) is 18.2 Å². The fourth-order valence-electron chi connectivity index (χ4n) is 2.44. The number of carbonyl (C=O) groups excluding carboxylic acids is 2. The maximum Gasteiger partial charge on any atom is 0.251 e. The van der Waals surface area contributed by atoms with Crippen LogP contribution in [0.25, 0.3) is 0 Å². The van der Waals surface area contributed by atoms with Crippen LogP contribution in [0.2, 0.25) is 5.02 Å². The van der Waals surface area contributed by atoms with Crippen LogP contribution in [0.5, 0.6) is 5.75 Å². The summed E-state index contributed by atoms with van der Waals surface area (Å²) >= 11 is 5.82. The number of amides is 2. The number of nitrogens with one attached hydrogen (secondary N) is 2. The van der Waals surface area contributed by atoms with Crippen molar-refractivity contribution in [3.05, 3.63) is 64.7 Å². The molecule has 0 unspecified atom stereocenters. The second kappa shape index (κ2) is 11.2. The summed E-state index contributed by atoms with van der Waals surface area (Å²) in [5, 5.41) is 6.29. The van der Waals surface area contributed by atoms with E-state index in [0.717, 1.165) is 24.2 Å². The second-order valence-corrected chi connectivity index (χ2v) is 6.67. The molecule has 0 aliphatic heterocycles. The summed E-state index contributed by atoms with van der Waals surface area (Å²) in [5.74, 6) is 0.553. The summed E-state index contributed by atoms with van der Waals surface area (Å²) in [6.07, 6.45) is 1.93. The highest BCUT2D eigenvalue weighted by molar-refractivity contribution is 6.30. The number of hydrogen-bond donors (Lipinski definition) is 2. The van der Waals surface area contributed by atoms with E-state index in [1.165, 1.54) is 0 Å². The molecule has 2 N–H and O–H groups in total. The van der Waals surface area contributed by atoms with Crippen LogP contribution in [0.3, 0.4) is 0 Å². The van der Waals surface area contributed by atoms with E-state index in [2.05, 4.69) is 10.6 Å². The van der Waals surface area contributed by atoms with Gasteiger partial charge in [0.05, 0.1) is 6.61 Å². The van der Waals surface area contributed by atoms with Gasteiger partial charge in [-0.1, -0.05) is 29.3 Å². The maximum absolute atomic E-state index is 12.0. The van der Waals surface area contributed by atoms with Crippen LogP contribution in [0.15, 0.2) is 48.5 Å². The highest BCUT2D eigenvalue weighted by Gasteiger charge is 2.06. The first-order valence-corrected chi connectivity index (χ1v) is 9.42.